The zero-order valence-corrected chi connectivity index (χ0v) is 7.92. The lowest BCUT2D eigenvalue weighted by Crippen LogP contribution is -2.48. The van der Waals surface area contributed by atoms with Crippen LogP contribution in [0, 0.1) is 5.92 Å². The Balaban J connectivity index is 0.00000144. The van der Waals surface area contributed by atoms with E-state index in [1.54, 1.807) is 0 Å². The van der Waals surface area contributed by atoms with Crippen molar-refractivity contribution in [2.45, 2.75) is 37.9 Å². The Labute approximate surface area is 81.4 Å². The number of hydrogen-bond acceptors (Lipinski definition) is 2. The highest BCUT2D eigenvalue weighted by Gasteiger charge is 2.44. The molecular weight excluding hydrogens is 205 g/mol. The van der Waals surface area contributed by atoms with Crippen molar-refractivity contribution in [3.8, 4) is 0 Å². The van der Waals surface area contributed by atoms with Gasteiger partial charge in [0.2, 0.25) is 0 Å². The summed E-state index contributed by atoms with van der Waals surface area (Å²) in [4.78, 5) is 0. The molecule has 0 radical (unpaired) electrons. The molecule has 0 aromatic rings. The molecule has 0 spiro atoms. The minimum absolute atomic E-state index is 0. The number of hydrazine groups is 1. The SMILES string of the molecule is Cl.NNC1CCCCC1C(F)(F)F. The van der Waals surface area contributed by atoms with E-state index in [4.69, 9.17) is 5.84 Å². The van der Waals surface area contributed by atoms with Crippen LogP contribution in [0.1, 0.15) is 25.7 Å². The summed E-state index contributed by atoms with van der Waals surface area (Å²) in [6, 6.07) is -0.584. The maximum Gasteiger partial charge on any atom is 0.393 e. The first-order chi connectivity index (χ1) is 5.55. The highest BCUT2D eigenvalue weighted by atomic mass is 35.5. The normalized spacial score (nSPS) is 29.5. The molecule has 0 saturated heterocycles. The minimum atomic E-state index is -4.10. The molecule has 1 aliphatic rings. The molecule has 3 N–H and O–H groups in total. The average Bonchev–Trinajstić information content (AvgIpc) is 2.03. The molecule has 0 aromatic heterocycles. The fraction of sp³-hybridized carbons (Fsp3) is 1.00. The van der Waals surface area contributed by atoms with E-state index < -0.39 is 18.1 Å². The van der Waals surface area contributed by atoms with Crippen LogP contribution in [-0.4, -0.2) is 12.2 Å². The molecule has 2 unspecified atom stereocenters. The van der Waals surface area contributed by atoms with Crippen LogP contribution in [-0.2, 0) is 0 Å². The zero-order valence-electron chi connectivity index (χ0n) is 7.10. The Morgan fingerprint density at radius 3 is 2.08 bits per heavy atom. The van der Waals surface area contributed by atoms with E-state index in [1.807, 2.05) is 0 Å². The number of halogens is 4. The molecule has 6 heteroatoms. The summed E-state index contributed by atoms with van der Waals surface area (Å²) in [5.74, 6) is 3.79. The van der Waals surface area contributed by atoms with E-state index in [2.05, 4.69) is 5.43 Å². The Hall–Kier alpha value is -0.0000000000000000555. The molecule has 1 aliphatic carbocycles. The lowest BCUT2D eigenvalue weighted by Gasteiger charge is -2.32. The number of alkyl halides is 3. The second-order valence-electron chi connectivity index (χ2n) is 3.21. The Morgan fingerprint density at radius 1 is 1.15 bits per heavy atom. The predicted octanol–water partition coefficient (Wildman–Crippen LogP) is 1.99. The Bertz CT molecular complexity index is 151. The molecule has 0 aromatic carbocycles. The van der Waals surface area contributed by atoms with Gasteiger partial charge in [-0.3, -0.25) is 11.3 Å². The molecule has 1 fully saturated rings. The first-order valence-corrected chi connectivity index (χ1v) is 4.08. The summed E-state index contributed by atoms with van der Waals surface area (Å²) in [7, 11) is 0. The van der Waals surface area contributed by atoms with Gasteiger partial charge in [0, 0.05) is 6.04 Å². The van der Waals surface area contributed by atoms with Gasteiger partial charge >= 0.3 is 6.18 Å². The van der Waals surface area contributed by atoms with Crippen molar-refractivity contribution in [1.29, 1.82) is 0 Å². The van der Waals surface area contributed by atoms with Crippen molar-refractivity contribution in [3.05, 3.63) is 0 Å². The van der Waals surface area contributed by atoms with E-state index >= 15 is 0 Å². The maximum absolute atomic E-state index is 12.3. The smallest absolute Gasteiger partial charge is 0.271 e. The first-order valence-electron chi connectivity index (χ1n) is 4.08. The fourth-order valence-electron chi connectivity index (χ4n) is 1.72. The van der Waals surface area contributed by atoms with Gasteiger partial charge in [0.05, 0.1) is 5.92 Å². The van der Waals surface area contributed by atoms with Crippen LogP contribution in [0.5, 0.6) is 0 Å². The maximum atomic E-state index is 12.3. The van der Waals surface area contributed by atoms with Gasteiger partial charge in [0.1, 0.15) is 0 Å². The van der Waals surface area contributed by atoms with Crippen LogP contribution in [0.3, 0.4) is 0 Å². The predicted molar refractivity (Wildman–Crippen MR) is 46.4 cm³/mol. The van der Waals surface area contributed by atoms with Crippen molar-refractivity contribution >= 4 is 12.4 Å². The Morgan fingerprint density at radius 2 is 1.69 bits per heavy atom. The molecular formula is C7H14ClF3N2. The van der Waals surface area contributed by atoms with E-state index in [9.17, 15) is 13.2 Å². The van der Waals surface area contributed by atoms with Gasteiger partial charge in [0.15, 0.2) is 0 Å². The van der Waals surface area contributed by atoms with Gasteiger partial charge in [0.25, 0.3) is 0 Å². The van der Waals surface area contributed by atoms with Gasteiger partial charge in [-0.15, -0.1) is 12.4 Å². The quantitative estimate of drug-likeness (QED) is 0.522. The molecule has 1 saturated carbocycles. The molecule has 2 nitrogen and oxygen atoms in total. The molecule has 13 heavy (non-hydrogen) atoms. The van der Waals surface area contributed by atoms with Gasteiger partial charge in [-0.25, -0.2) is 0 Å². The summed E-state index contributed by atoms with van der Waals surface area (Å²) in [6.45, 7) is 0. The highest BCUT2D eigenvalue weighted by molar-refractivity contribution is 5.85. The second-order valence-corrected chi connectivity index (χ2v) is 3.21. The van der Waals surface area contributed by atoms with Crippen LogP contribution in [0.25, 0.3) is 0 Å². The van der Waals surface area contributed by atoms with Gasteiger partial charge in [-0.2, -0.15) is 13.2 Å². The van der Waals surface area contributed by atoms with Crippen LogP contribution in [0.15, 0.2) is 0 Å². The first kappa shape index (κ1) is 13.0. The van der Waals surface area contributed by atoms with Gasteiger partial charge < -0.3 is 0 Å². The van der Waals surface area contributed by atoms with E-state index in [-0.39, 0.29) is 18.8 Å². The molecule has 2 atom stereocenters. The van der Waals surface area contributed by atoms with Crippen molar-refractivity contribution in [1.82, 2.24) is 5.43 Å². The van der Waals surface area contributed by atoms with Crippen molar-refractivity contribution in [2.75, 3.05) is 0 Å². The van der Waals surface area contributed by atoms with Crippen LogP contribution >= 0.6 is 12.4 Å². The number of nitrogens with one attached hydrogen (secondary N) is 1. The highest BCUT2D eigenvalue weighted by Crippen LogP contribution is 2.37. The third kappa shape index (κ3) is 3.32. The fourth-order valence-corrected chi connectivity index (χ4v) is 1.72. The second kappa shape index (κ2) is 5.02. The molecule has 0 heterocycles. The largest absolute Gasteiger partial charge is 0.393 e. The van der Waals surface area contributed by atoms with E-state index in [0.717, 1.165) is 6.42 Å². The third-order valence-electron chi connectivity index (χ3n) is 2.40. The minimum Gasteiger partial charge on any atom is -0.271 e. The van der Waals surface area contributed by atoms with Crippen LogP contribution in [0.4, 0.5) is 13.2 Å². The summed E-state index contributed by atoms with van der Waals surface area (Å²) >= 11 is 0. The topological polar surface area (TPSA) is 38.0 Å². The lowest BCUT2D eigenvalue weighted by molar-refractivity contribution is -0.188. The molecule has 0 amide bonds. The molecule has 0 aliphatic heterocycles. The number of rotatable bonds is 1. The zero-order chi connectivity index (χ0) is 9.19. The molecule has 80 valence electrons. The standard InChI is InChI=1S/C7H13F3N2.ClH/c8-7(9,10)5-3-1-2-4-6(5)12-11;/h5-6,12H,1-4,11H2;1H. The van der Waals surface area contributed by atoms with Crippen LogP contribution < -0.4 is 11.3 Å². The lowest BCUT2D eigenvalue weighted by atomic mass is 9.84. The summed E-state index contributed by atoms with van der Waals surface area (Å²) in [5, 5.41) is 0. The van der Waals surface area contributed by atoms with Crippen LogP contribution in [0.2, 0.25) is 0 Å². The van der Waals surface area contributed by atoms with Crippen molar-refractivity contribution < 1.29 is 13.2 Å². The summed E-state index contributed by atoms with van der Waals surface area (Å²) < 4.78 is 36.8. The summed E-state index contributed by atoms with van der Waals surface area (Å²) in [5.41, 5.74) is 2.24. The molecule has 0 bridgehead atoms. The van der Waals surface area contributed by atoms with Crippen molar-refractivity contribution in [3.63, 3.8) is 0 Å². The van der Waals surface area contributed by atoms with Gasteiger partial charge in [-0.05, 0) is 12.8 Å². The van der Waals surface area contributed by atoms with Crippen molar-refractivity contribution in [2.24, 2.45) is 11.8 Å². The molecule has 1 rings (SSSR count). The monoisotopic (exact) mass is 218 g/mol. The third-order valence-corrected chi connectivity index (χ3v) is 2.40. The number of nitrogens with two attached hydrogens (primary N) is 1. The number of hydrogen-bond donors (Lipinski definition) is 2. The summed E-state index contributed by atoms with van der Waals surface area (Å²) in [6.07, 6.45) is -1.87. The Kier molecular flexibility index (Phi) is 5.02. The van der Waals surface area contributed by atoms with E-state index in [0.29, 0.717) is 12.8 Å². The average molecular weight is 219 g/mol. The van der Waals surface area contributed by atoms with Gasteiger partial charge in [-0.1, -0.05) is 12.8 Å². The van der Waals surface area contributed by atoms with E-state index in [1.165, 1.54) is 0 Å².